The van der Waals surface area contributed by atoms with Crippen molar-refractivity contribution in [1.29, 1.82) is 5.41 Å². The summed E-state index contributed by atoms with van der Waals surface area (Å²) in [6, 6.07) is 6.19. The molecule has 1 aliphatic heterocycles. The van der Waals surface area contributed by atoms with Crippen LogP contribution in [0.15, 0.2) is 41.4 Å². The molecule has 1 aromatic carbocycles. The molecule has 0 unspecified atom stereocenters. The first-order valence-electron chi connectivity index (χ1n) is 10.4. The minimum Gasteiger partial charge on any atom is -0.374 e. The number of benzene rings is 1. The number of piperidine rings is 1. The van der Waals surface area contributed by atoms with E-state index in [9.17, 15) is 0 Å². The van der Waals surface area contributed by atoms with Crippen LogP contribution >= 0.6 is 0 Å². The van der Waals surface area contributed by atoms with Gasteiger partial charge in [-0.25, -0.2) is 0 Å². The molecule has 2 rings (SSSR count). The Kier molecular flexibility index (Phi) is 7.73. The molecule has 2 N–H and O–H groups in total. The highest BCUT2D eigenvalue weighted by atomic mass is 16.5. The molecule has 0 bridgehead atoms. The first-order valence-corrected chi connectivity index (χ1v) is 10.4. The standard InChI is InChI=1S/C25H37N3O/c1-8-19(17-27-7)20-11-12-22(18(2)14-20)23(26)10-9-13-29-21-15-24(3,4)28-25(5,6)16-21/h8-12,14,17,21,26,28H,13,15-16H2,1-7H3/b10-9-,19-8+,26-23?,27-17?. The van der Waals surface area contributed by atoms with E-state index in [2.05, 4.69) is 50.1 Å². The van der Waals surface area contributed by atoms with Gasteiger partial charge in [-0.15, -0.1) is 0 Å². The molecule has 0 aromatic heterocycles. The number of nitrogens with one attached hydrogen (secondary N) is 2. The maximum atomic E-state index is 8.43. The Hall–Kier alpha value is -2.04. The quantitative estimate of drug-likeness (QED) is 0.612. The van der Waals surface area contributed by atoms with Crippen LogP contribution in [0.2, 0.25) is 0 Å². The maximum absolute atomic E-state index is 8.43. The second kappa shape index (κ2) is 9.64. The van der Waals surface area contributed by atoms with Crippen molar-refractivity contribution in [2.75, 3.05) is 13.7 Å². The lowest BCUT2D eigenvalue weighted by molar-refractivity contribution is -0.00970. The molecule has 0 amide bonds. The SMILES string of the molecule is C/C=C(\C=NC)c1ccc(C(=N)/C=C\COC2CC(C)(C)NC(C)(C)C2)c(C)c1. The van der Waals surface area contributed by atoms with Gasteiger partial charge < -0.3 is 15.5 Å². The summed E-state index contributed by atoms with van der Waals surface area (Å²) in [5.41, 5.74) is 4.91. The van der Waals surface area contributed by atoms with Crippen LogP contribution in [-0.4, -0.2) is 42.8 Å². The van der Waals surface area contributed by atoms with Crippen molar-refractivity contribution >= 4 is 17.5 Å². The highest BCUT2D eigenvalue weighted by Crippen LogP contribution is 2.30. The van der Waals surface area contributed by atoms with Crippen molar-refractivity contribution in [2.45, 2.75) is 71.6 Å². The fourth-order valence-corrected chi connectivity index (χ4v) is 4.39. The molecule has 4 nitrogen and oxygen atoms in total. The van der Waals surface area contributed by atoms with E-state index >= 15 is 0 Å². The lowest BCUT2D eigenvalue weighted by atomic mass is 9.81. The van der Waals surface area contributed by atoms with Gasteiger partial charge >= 0.3 is 0 Å². The second-order valence-electron chi connectivity index (χ2n) is 9.23. The van der Waals surface area contributed by atoms with E-state index in [1.165, 1.54) is 0 Å². The molecule has 1 heterocycles. The van der Waals surface area contributed by atoms with Crippen molar-refractivity contribution in [3.63, 3.8) is 0 Å². The molecule has 0 aliphatic carbocycles. The molecular weight excluding hydrogens is 358 g/mol. The van der Waals surface area contributed by atoms with Crippen LogP contribution in [0.3, 0.4) is 0 Å². The zero-order valence-corrected chi connectivity index (χ0v) is 19.1. The number of hydrogen-bond acceptors (Lipinski definition) is 4. The zero-order valence-electron chi connectivity index (χ0n) is 19.1. The second-order valence-corrected chi connectivity index (χ2v) is 9.23. The molecule has 0 spiro atoms. The molecule has 1 aliphatic rings. The van der Waals surface area contributed by atoms with Crippen molar-refractivity contribution in [3.05, 3.63) is 53.1 Å². The van der Waals surface area contributed by atoms with Gasteiger partial charge in [-0.3, -0.25) is 4.99 Å². The van der Waals surface area contributed by atoms with Crippen molar-refractivity contribution < 1.29 is 4.74 Å². The number of allylic oxidation sites excluding steroid dienone is 3. The van der Waals surface area contributed by atoms with Gasteiger partial charge in [0.15, 0.2) is 0 Å². The number of nitrogens with zero attached hydrogens (tertiary/aromatic N) is 1. The minimum absolute atomic E-state index is 0.0793. The predicted octanol–water partition coefficient (Wildman–Crippen LogP) is 5.35. The van der Waals surface area contributed by atoms with Crippen LogP contribution < -0.4 is 5.32 Å². The fourth-order valence-electron chi connectivity index (χ4n) is 4.39. The summed E-state index contributed by atoms with van der Waals surface area (Å²) in [7, 11) is 1.78. The molecule has 29 heavy (non-hydrogen) atoms. The summed E-state index contributed by atoms with van der Waals surface area (Å²) < 4.78 is 6.12. The maximum Gasteiger partial charge on any atom is 0.0655 e. The smallest absolute Gasteiger partial charge is 0.0655 e. The van der Waals surface area contributed by atoms with Crippen LogP contribution in [-0.2, 0) is 4.74 Å². The summed E-state index contributed by atoms with van der Waals surface area (Å²) in [5.74, 6) is 0. The van der Waals surface area contributed by atoms with Gasteiger partial charge in [0, 0.05) is 29.9 Å². The van der Waals surface area contributed by atoms with Crippen LogP contribution in [0.25, 0.3) is 5.57 Å². The lowest BCUT2D eigenvalue weighted by Crippen LogP contribution is -2.59. The van der Waals surface area contributed by atoms with E-state index in [-0.39, 0.29) is 17.2 Å². The van der Waals surface area contributed by atoms with Crippen LogP contribution in [0.5, 0.6) is 0 Å². The Morgan fingerprint density at radius 2 is 1.90 bits per heavy atom. The fraction of sp³-hybridized carbons (Fsp3) is 0.520. The van der Waals surface area contributed by atoms with E-state index < -0.39 is 0 Å². The van der Waals surface area contributed by atoms with Gasteiger partial charge in [-0.1, -0.05) is 30.4 Å². The van der Waals surface area contributed by atoms with E-state index in [1.54, 1.807) is 7.05 Å². The Morgan fingerprint density at radius 3 is 2.45 bits per heavy atom. The highest BCUT2D eigenvalue weighted by Gasteiger charge is 2.37. The monoisotopic (exact) mass is 395 g/mol. The summed E-state index contributed by atoms with van der Waals surface area (Å²) >= 11 is 0. The first kappa shape index (κ1) is 23.2. The normalized spacial score (nSPS) is 19.9. The molecule has 1 aromatic rings. The average Bonchev–Trinajstić information content (AvgIpc) is 2.60. The van der Waals surface area contributed by atoms with Crippen LogP contribution in [0, 0.1) is 12.3 Å². The summed E-state index contributed by atoms with van der Waals surface area (Å²) in [6.45, 7) is 13.5. The minimum atomic E-state index is 0.0793. The number of aryl methyl sites for hydroxylation is 1. The molecule has 1 fully saturated rings. The van der Waals surface area contributed by atoms with Crippen molar-refractivity contribution in [3.8, 4) is 0 Å². The Labute approximate surface area is 176 Å². The van der Waals surface area contributed by atoms with Gasteiger partial charge in [0.05, 0.1) is 18.4 Å². The molecular formula is C25H37N3O. The number of rotatable bonds is 7. The summed E-state index contributed by atoms with van der Waals surface area (Å²) in [4.78, 5) is 4.11. The Morgan fingerprint density at radius 1 is 1.24 bits per heavy atom. The van der Waals surface area contributed by atoms with Crippen molar-refractivity contribution in [2.24, 2.45) is 4.99 Å². The van der Waals surface area contributed by atoms with E-state index in [1.807, 2.05) is 44.4 Å². The topological polar surface area (TPSA) is 57.5 Å². The number of ether oxygens (including phenoxy) is 1. The average molecular weight is 396 g/mol. The Bertz CT molecular complexity index is 799. The molecule has 1 saturated heterocycles. The molecule has 0 atom stereocenters. The number of aliphatic imine (C=N–C) groups is 1. The summed E-state index contributed by atoms with van der Waals surface area (Å²) in [6.07, 6.45) is 9.95. The van der Waals surface area contributed by atoms with Gasteiger partial charge in [-0.05, 0) is 77.2 Å². The molecule has 0 radical (unpaired) electrons. The van der Waals surface area contributed by atoms with Gasteiger partial charge in [0.1, 0.15) is 0 Å². The predicted molar refractivity (Wildman–Crippen MR) is 125 cm³/mol. The largest absolute Gasteiger partial charge is 0.374 e. The van der Waals surface area contributed by atoms with Crippen LogP contribution in [0.1, 0.15) is 64.2 Å². The third-order valence-electron chi connectivity index (χ3n) is 5.29. The third-order valence-corrected chi connectivity index (χ3v) is 5.29. The van der Waals surface area contributed by atoms with Gasteiger partial charge in [0.2, 0.25) is 0 Å². The third kappa shape index (κ3) is 6.76. The van der Waals surface area contributed by atoms with E-state index in [0.717, 1.165) is 35.1 Å². The molecule has 158 valence electrons. The molecule has 4 heteroatoms. The lowest BCUT2D eigenvalue weighted by Gasteiger charge is -2.46. The Balaban J connectivity index is 1.97. The van der Waals surface area contributed by atoms with Crippen molar-refractivity contribution in [1.82, 2.24) is 5.32 Å². The number of hydrogen-bond donors (Lipinski definition) is 2. The van der Waals surface area contributed by atoms with Crippen LogP contribution in [0.4, 0.5) is 0 Å². The molecule has 0 saturated carbocycles. The van der Waals surface area contributed by atoms with E-state index in [0.29, 0.717) is 12.3 Å². The zero-order chi connectivity index (χ0) is 21.7. The van der Waals surface area contributed by atoms with Gasteiger partial charge in [0.25, 0.3) is 0 Å². The summed E-state index contributed by atoms with van der Waals surface area (Å²) in [5, 5.41) is 12.1. The highest BCUT2D eigenvalue weighted by molar-refractivity contribution is 6.11. The van der Waals surface area contributed by atoms with E-state index in [4.69, 9.17) is 10.1 Å². The first-order chi connectivity index (χ1) is 13.6. The van der Waals surface area contributed by atoms with Gasteiger partial charge in [-0.2, -0.15) is 0 Å².